The van der Waals surface area contributed by atoms with Gasteiger partial charge >= 0.3 is 0 Å². The molecule has 5 nitrogen and oxygen atoms in total. The molecule has 0 spiro atoms. The van der Waals surface area contributed by atoms with E-state index >= 15 is 0 Å². The minimum Gasteiger partial charge on any atom is -0.383 e. The van der Waals surface area contributed by atoms with Crippen LogP contribution in [-0.4, -0.2) is 63.9 Å². The van der Waals surface area contributed by atoms with E-state index in [9.17, 15) is 4.79 Å². The lowest BCUT2D eigenvalue weighted by Crippen LogP contribution is -2.44. The molecule has 5 heteroatoms. The fourth-order valence-corrected chi connectivity index (χ4v) is 1.77. The summed E-state index contributed by atoms with van der Waals surface area (Å²) in [6.07, 6.45) is 1.89. The van der Waals surface area contributed by atoms with Crippen molar-refractivity contribution in [2.45, 2.75) is 18.9 Å². The Morgan fingerprint density at radius 3 is 2.81 bits per heavy atom. The van der Waals surface area contributed by atoms with Crippen molar-refractivity contribution in [1.82, 2.24) is 10.2 Å². The van der Waals surface area contributed by atoms with E-state index in [2.05, 4.69) is 5.32 Å². The van der Waals surface area contributed by atoms with E-state index in [0.29, 0.717) is 25.7 Å². The molecular formula is C11H22N2O3. The molecule has 1 heterocycles. The van der Waals surface area contributed by atoms with Crippen LogP contribution in [0.25, 0.3) is 0 Å². The van der Waals surface area contributed by atoms with Crippen LogP contribution in [0.2, 0.25) is 0 Å². The minimum atomic E-state index is 0.142. The van der Waals surface area contributed by atoms with Crippen molar-refractivity contribution < 1.29 is 14.3 Å². The molecule has 1 amide bonds. The number of nitrogens with one attached hydrogen (secondary N) is 1. The molecule has 0 unspecified atom stereocenters. The van der Waals surface area contributed by atoms with E-state index in [1.54, 1.807) is 7.11 Å². The van der Waals surface area contributed by atoms with E-state index in [0.717, 1.165) is 26.1 Å². The molecule has 0 aliphatic carbocycles. The first-order valence-electron chi connectivity index (χ1n) is 5.78. The van der Waals surface area contributed by atoms with E-state index < -0.39 is 0 Å². The third kappa shape index (κ3) is 4.47. The third-order valence-corrected chi connectivity index (χ3v) is 2.89. The van der Waals surface area contributed by atoms with Gasteiger partial charge < -0.3 is 19.7 Å². The standard InChI is InChI=1S/C11H22N2O3/c1-13(10-3-6-16-7-4-10)11(14)9-12-5-8-15-2/h10,12H,3-9H2,1-2H3. The Balaban J connectivity index is 2.18. The Bertz CT molecular complexity index is 205. The van der Waals surface area contributed by atoms with Gasteiger partial charge in [-0.3, -0.25) is 4.79 Å². The summed E-state index contributed by atoms with van der Waals surface area (Å²) in [7, 11) is 3.52. The second-order valence-corrected chi connectivity index (χ2v) is 4.02. The molecule has 1 aliphatic rings. The largest absolute Gasteiger partial charge is 0.383 e. The third-order valence-electron chi connectivity index (χ3n) is 2.89. The van der Waals surface area contributed by atoms with Crippen molar-refractivity contribution in [2.75, 3.05) is 47.1 Å². The number of hydrogen-bond acceptors (Lipinski definition) is 4. The maximum Gasteiger partial charge on any atom is 0.236 e. The average Bonchev–Trinajstić information content (AvgIpc) is 2.34. The van der Waals surface area contributed by atoms with Crippen molar-refractivity contribution in [3.63, 3.8) is 0 Å². The Hall–Kier alpha value is -0.650. The van der Waals surface area contributed by atoms with Crippen LogP contribution in [0.15, 0.2) is 0 Å². The van der Waals surface area contributed by atoms with E-state index in [4.69, 9.17) is 9.47 Å². The number of hydrogen-bond donors (Lipinski definition) is 1. The van der Waals surface area contributed by atoms with Crippen molar-refractivity contribution in [1.29, 1.82) is 0 Å². The number of ether oxygens (including phenoxy) is 2. The molecule has 1 aliphatic heterocycles. The van der Waals surface area contributed by atoms with Gasteiger partial charge in [0.2, 0.25) is 5.91 Å². The van der Waals surface area contributed by atoms with Crippen molar-refractivity contribution in [3.8, 4) is 0 Å². The molecule has 1 N–H and O–H groups in total. The van der Waals surface area contributed by atoms with Gasteiger partial charge in [-0.2, -0.15) is 0 Å². The quantitative estimate of drug-likeness (QED) is 0.645. The number of nitrogens with zero attached hydrogens (tertiary/aromatic N) is 1. The SMILES string of the molecule is COCCNCC(=O)N(C)C1CCOCC1. The zero-order valence-electron chi connectivity index (χ0n) is 10.2. The first kappa shape index (κ1) is 13.4. The smallest absolute Gasteiger partial charge is 0.236 e. The second kappa shape index (κ2) is 7.60. The maximum absolute atomic E-state index is 11.8. The summed E-state index contributed by atoms with van der Waals surface area (Å²) in [5.74, 6) is 0.142. The lowest BCUT2D eigenvalue weighted by atomic mass is 10.1. The molecule has 0 radical (unpaired) electrons. The predicted molar refractivity (Wildman–Crippen MR) is 61.4 cm³/mol. The predicted octanol–water partition coefficient (Wildman–Crippen LogP) is -0.140. The number of carbonyl (C=O) groups is 1. The molecule has 0 saturated carbocycles. The van der Waals surface area contributed by atoms with Crippen LogP contribution in [0.5, 0.6) is 0 Å². The van der Waals surface area contributed by atoms with Gasteiger partial charge in [-0.25, -0.2) is 0 Å². The van der Waals surface area contributed by atoms with Crippen LogP contribution in [0.1, 0.15) is 12.8 Å². The molecule has 0 aromatic carbocycles. The Morgan fingerprint density at radius 2 is 2.19 bits per heavy atom. The van der Waals surface area contributed by atoms with Gasteiger partial charge in [0.05, 0.1) is 13.2 Å². The fourth-order valence-electron chi connectivity index (χ4n) is 1.77. The lowest BCUT2D eigenvalue weighted by Gasteiger charge is -2.31. The maximum atomic E-state index is 11.8. The summed E-state index contributed by atoms with van der Waals surface area (Å²) < 4.78 is 10.2. The Kier molecular flexibility index (Phi) is 6.37. The van der Waals surface area contributed by atoms with Crippen LogP contribution < -0.4 is 5.32 Å². The van der Waals surface area contributed by atoms with E-state index in [1.807, 2.05) is 11.9 Å². The molecule has 0 aromatic rings. The van der Waals surface area contributed by atoms with Crippen LogP contribution in [0, 0.1) is 0 Å². The highest BCUT2D eigenvalue weighted by atomic mass is 16.5. The van der Waals surface area contributed by atoms with Gasteiger partial charge in [0.25, 0.3) is 0 Å². The molecule has 16 heavy (non-hydrogen) atoms. The lowest BCUT2D eigenvalue weighted by molar-refractivity contribution is -0.132. The molecule has 0 bridgehead atoms. The van der Waals surface area contributed by atoms with Gasteiger partial charge in [-0.05, 0) is 12.8 Å². The van der Waals surface area contributed by atoms with Gasteiger partial charge in [0.15, 0.2) is 0 Å². The summed E-state index contributed by atoms with van der Waals surface area (Å²) in [4.78, 5) is 13.6. The van der Waals surface area contributed by atoms with Crippen molar-refractivity contribution in [2.24, 2.45) is 0 Å². The summed E-state index contributed by atoms with van der Waals surface area (Å²) in [5, 5.41) is 3.06. The first-order valence-corrected chi connectivity index (χ1v) is 5.78. The number of methoxy groups -OCH3 is 1. The molecule has 1 saturated heterocycles. The van der Waals surface area contributed by atoms with Gasteiger partial charge in [-0.1, -0.05) is 0 Å². The highest BCUT2D eigenvalue weighted by Crippen LogP contribution is 2.12. The molecule has 0 aromatic heterocycles. The topological polar surface area (TPSA) is 50.8 Å². The Morgan fingerprint density at radius 1 is 1.50 bits per heavy atom. The molecule has 1 rings (SSSR count). The number of carbonyl (C=O) groups excluding carboxylic acids is 1. The highest BCUT2D eigenvalue weighted by Gasteiger charge is 2.21. The minimum absolute atomic E-state index is 0.142. The fraction of sp³-hybridized carbons (Fsp3) is 0.909. The van der Waals surface area contributed by atoms with Crippen molar-refractivity contribution in [3.05, 3.63) is 0 Å². The molecule has 0 atom stereocenters. The summed E-state index contributed by atoms with van der Waals surface area (Å²) >= 11 is 0. The van der Waals surface area contributed by atoms with Gasteiger partial charge in [0.1, 0.15) is 0 Å². The van der Waals surface area contributed by atoms with Crippen LogP contribution in [-0.2, 0) is 14.3 Å². The monoisotopic (exact) mass is 230 g/mol. The summed E-state index contributed by atoms with van der Waals surface area (Å²) in [6.45, 7) is 3.26. The molecule has 1 fully saturated rings. The summed E-state index contributed by atoms with van der Waals surface area (Å²) in [5.41, 5.74) is 0. The van der Waals surface area contributed by atoms with E-state index in [1.165, 1.54) is 0 Å². The first-order chi connectivity index (χ1) is 7.75. The van der Waals surface area contributed by atoms with E-state index in [-0.39, 0.29) is 5.91 Å². The number of rotatable bonds is 6. The zero-order chi connectivity index (χ0) is 11.8. The number of likely N-dealkylation sites (N-methyl/N-ethyl adjacent to an activating group) is 1. The van der Waals surface area contributed by atoms with Crippen LogP contribution in [0.4, 0.5) is 0 Å². The number of amides is 1. The average molecular weight is 230 g/mol. The molecule has 94 valence electrons. The van der Waals surface area contributed by atoms with Crippen molar-refractivity contribution >= 4 is 5.91 Å². The molecular weight excluding hydrogens is 208 g/mol. The normalized spacial score (nSPS) is 17.4. The zero-order valence-corrected chi connectivity index (χ0v) is 10.2. The summed E-state index contributed by atoms with van der Waals surface area (Å²) in [6, 6.07) is 0.338. The van der Waals surface area contributed by atoms with Gasteiger partial charge in [0, 0.05) is 40.0 Å². The van der Waals surface area contributed by atoms with Crippen LogP contribution in [0.3, 0.4) is 0 Å². The second-order valence-electron chi connectivity index (χ2n) is 4.02. The van der Waals surface area contributed by atoms with Crippen LogP contribution >= 0.6 is 0 Å². The van der Waals surface area contributed by atoms with Gasteiger partial charge in [-0.15, -0.1) is 0 Å². The Labute approximate surface area is 97.1 Å². The highest BCUT2D eigenvalue weighted by molar-refractivity contribution is 5.78.